The molecule has 22 heavy (non-hydrogen) atoms. The topological polar surface area (TPSA) is 74.6 Å². The molecule has 0 amide bonds. The first-order chi connectivity index (χ1) is 10.3. The highest BCUT2D eigenvalue weighted by Crippen LogP contribution is 2.70. The van der Waals surface area contributed by atoms with Gasteiger partial charge in [-0.3, -0.25) is 9.59 Å². The molecule has 118 valence electrons. The fourth-order valence-electron chi connectivity index (χ4n) is 4.54. The highest BCUT2D eigenvalue weighted by atomic mass is 16.4. The Labute approximate surface area is 130 Å². The van der Waals surface area contributed by atoms with Crippen LogP contribution in [-0.2, 0) is 9.59 Å². The van der Waals surface area contributed by atoms with Gasteiger partial charge in [0.2, 0.25) is 0 Å². The number of carbonyl (C=O) groups excluding carboxylic acids is 1. The number of carboxylic acids is 1. The van der Waals surface area contributed by atoms with Gasteiger partial charge in [-0.15, -0.1) is 0 Å². The second-order valence-corrected chi connectivity index (χ2v) is 6.83. The second-order valence-electron chi connectivity index (χ2n) is 6.83. The number of hydrogen-bond donors (Lipinski definition) is 2. The Morgan fingerprint density at radius 1 is 1.41 bits per heavy atom. The van der Waals surface area contributed by atoms with Crippen LogP contribution in [0.3, 0.4) is 0 Å². The van der Waals surface area contributed by atoms with E-state index in [1.165, 1.54) is 0 Å². The predicted molar refractivity (Wildman–Crippen MR) is 81.3 cm³/mol. The van der Waals surface area contributed by atoms with Gasteiger partial charge >= 0.3 is 5.97 Å². The average Bonchev–Trinajstić information content (AvgIpc) is 3.06. The summed E-state index contributed by atoms with van der Waals surface area (Å²) in [6.07, 6.45) is 0.194. The van der Waals surface area contributed by atoms with Crippen molar-refractivity contribution < 1.29 is 19.8 Å². The van der Waals surface area contributed by atoms with Crippen molar-refractivity contribution in [2.45, 2.75) is 39.7 Å². The third kappa shape index (κ3) is 1.86. The van der Waals surface area contributed by atoms with Gasteiger partial charge in [0, 0.05) is 11.3 Å². The van der Waals surface area contributed by atoms with Crippen LogP contribution < -0.4 is 0 Å². The van der Waals surface area contributed by atoms with Crippen LogP contribution in [-0.4, -0.2) is 22.0 Å². The largest absolute Gasteiger partial charge is 0.481 e. The first-order valence-electron chi connectivity index (χ1n) is 7.87. The van der Waals surface area contributed by atoms with Crippen molar-refractivity contribution in [1.82, 2.24) is 0 Å². The van der Waals surface area contributed by atoms with Crippen LogP contribution in [0, 0.1) is 37.0 Å². The minimum atomic E-state index is -0.875. The maximum absolute atomic E-state index is 12.8. The van der Waals surface area contributed by atoms with Gasteiger partial charge in [-0.1, -0.05) is 30.7 Å². The van der Waals surface area contributed by atoms with Crippen molar-refractivity contribution >= 4 is 11.8 Å². The first kappa shape index (κ1) is 15.2. The summed E-state index contributed by atoms with van der Waals surface area (Å²) < 4.78 is 0. The van der Waals surface area contributed by atoms with E-state index in [1.54, 1.807) is 0 Å². The smallest absolute Gasteiger partial charge is 0.307 e. The zero-order valence-electron chi connectivity index (χ0n) is 13.2. The van der Waals surface area contributed by atoms with E-state index in [-0.39, 0.29) is 11.7 Å². The Balaban J connectivity index is 1.88. The minimum absolute atomic E-state index is 0.0548. The highest BCUT2D eigenvalue weighted by molar-refractivity contribution is 6.00. The van der Waals surface area contributed by atoms with E-state index in [0.717, 1.165) is 16.7 Å². The molecule has 0 spiro atoms. The molecular formula is C18H22O4. The zero-order valence-corrected chi connectivity index (χ0v) is 13.2. The van der Waals surface area contributed by atoms with Gasteiger partial charge in [0.25, 0.3) is 0 Å². The third-order valence-electron chi connectivity index (χ3n) is 5.80. The monoisotopic (exact) mass is 302 g/mol. The van der Waals surface area contributed by atoms with E-state index in [0.29, 0.717) is 12.8 Å². The normalized spacial score (nSPS) is 34.4. The molecule has 1 aromatic carbocycles. The molecule has 5 unspecified atom stereocenters. The molecule has 2 N–H and O–H groups in total. The van der Waals surface area contributed by atoms with E-state index < -0.39 is 29.3 Å². The molecule has 5 atom stereocenters. The van der Waals surface area contributed by atoms with Crippen molar-refractivity contribution in [2.24, 2.45) is 23.2 Å². The van der Waals surface area contributed by atoms with Crippen LogP contribution in [0.5, 0.6) is 0 Å². The molecular weight excluding hydrogens is 280 g/mol. The molecule has 2 aliphatic carbocycles. The number of hydrogen-bond acceptors (Lipinski definition) is 3. The Morgan fingerprint density at radius 2 is 2.09 bits per heavy atom. The van der Waals surface area contributed by atoms with Crippen LogP contribution in [0.15, 0.2) is 18.2 Å². The zero-order chi connectivity index (χ0) is 16.2. The van der Waals surface area contributed by atoms with Gasteiger partial charge in [0.05, 0.1) is 12.0 Å². The number of aliphatic hydroxyl groups is 1. The Bertz CT molecular complexity index is 650. The molecule has 2 saturated carbocycles. The molecule has 0 heterocycles. The number of Topliss-reactive ketones (excluding diaryl/α,β-unsaturated/α-hetero) is 1. The summed E-state index contributed by atoms with van der Waals surface area (Å²) in [5, 5.41) is 20.0. The van der Waals surface area contributed by atoms with E-state index in [1.807, 2.05) is 39.0 Å². The Hall–Kier alpha value is -1.68. The minimum Gasteiger partial charge on any atom is -0.481 e. The lowest BCUT2D eigenvalue weighted by Gasteiger charge is -2.23. The molecule has 2 fully saturated rings. The summed E-state index contributed by atoms with van der Waals surface area (Å²) >= 11 is 0. The summed E-state index contributed by atoms with van der Waals surface area (Å²) in [4.78, 5) is 24.1. The van der Waals surface area contributed by atoms with E-state index >= 15 is 0 Å². The second kappa shape index (κ2) is 4.92. The van der Waals surface area contributed by atoms with Crippen molar-refractivity contribution in [1.29, 1.82) is 0 Å². The van der Waals surface area contributed by atoms with Gasteiger partial charge in [0.15, 0.2) is 0 Å². The summed E-state index contributed by atoms with van der Waals surface area (Å²) in [5.41, 5.74) is 2.07. The standard InChI is InChI=1S/C18H22O4/c1-4-18-13(14(18)17(21)22)8-12(16(18)20)15(19)11-7-9(2)5-6-10(11)3/h5-7,12-15,19H,4,8H2,1-3H3,(H,21,22). The molecule has 0 aromatic heterocycles. The Morgan fingerprint density at radius 3 is 2.64 bits per heavy atom. The van der Waals surface area contributed by atoms with E-state index in [2.05, 4.69) is 0 Å². The SMILES string of the molecule is CCC12C(=O)C(C(O)c3cc(C)ccc3C)CC1C2C(=O)O. The Kier molecular flexibility index (Phi) is 3.40. The number of aliphatic hydroxyl groups excluding tert-OH is 1. The van der Waals surface area contributed by atoms with Gasteiger partial charge in [-0.05, 0) is 43.7 Å². The number of ketones is 1. The summed E-state index contributed by atoms with van der Waals surface area (Å²) in [5.74, 6) is -2.05. The molecule has 0 aliphatic heterocycles. The first-order valence-corrected chi connectivity index (χ1v) is 7.87. The number of aliphatic carboxylic acids is 1. The van der Waals surface area contributed by atoms with Gasteiger partial charge in [0.1, 0.15) is 5.78 Å². The lowest BCUT2D eigenvalue weighted by atomic mass is 9.83. The quantitative estimate of drug-likeness (QED) is 0.896. The number of benzene rings is 1. The van der Waals surface area contributed by atoms with E-state index in [9.17, 15) is 19.8 Å². The van der Waals surface area contributed by atoms with Crippen molar-refractivity contribution in [2.75, 3.05) is 0 Å². The molecule has 1 aromatic rings. The lowest BCUT2D eigenvalue weighted by Crippen LogP contribution is -2.29. The molecule has 4 heteroatoms. The van der Waals surface area contributed by atoms with Crippen LogP contribution in [0.2, 0.25) is 0 Å². The number of fused-ring (bicyclic) bond motifs is 1. The maximum Gasteiger partial charge on any atom is 0.307 e. The van der Waals surface area contributed by atoms with Crippen LogP contribution in [0.1, 0.15) is 42.6 Å². The summed E-state index contributed by atoms with van der Waals surface area (Å²) in [6, 6.07) is 5.85. The predicted octanol–water partition coefficient (Wildman–Crippen LogP) is 2.65. The van der Waals surface area contributed by atoms with Crippen LogP contribution in [0.4, 0.5) is 0 Å². The summed E-state index contributed by atoms with van der Waals surface area (Å²) in [7, 11) is 0. The third-order valence-corrected chi connectivity index (χ3v) is 5.80. The fraction of sp³-hybridized carbons (Fsp3) is 0.556. The number of carbonyl (C=O) groups is 2. The fourth-order valence-corrected chi connectivity index (χ4v) is 4.54. The lowest BCUT2D eigenvalue weighted by molar-refractivity contribution is -0.143. The van der Waals surface area contributed by atoms with Crippen LogP contribution >= 0.6 is 0 Å². The number of carboxylic acid groups (broad SMARTS) is 1. The average molecular weight is 302 g/mol. The molecule has 2 aliphatic rings. The molecule has 0 saturated heterocycles. The van der Waals surface area contributed by atoms with Crippen molar-refractivity contribution in [3.63, 3.8) is 0 Å². The maximum atomic E-state index is 12.8. The van der Waals surface area contributed by atoms with Gasteiger partial charge in [-0.25, -0.2) is 0 Å². The molecule has 3 rings (SSSR count). The highest BCUT2D eigenvalue weighted by Gasteiger charge is 2.76. The molecule has 0 bridgehead atoms. The van der Waals surface area contributed by atoms with Crippen LogP contribution in [0.25, 0.3) is 0 Å². The van der Waals surface area contributed by atoms with Crippen molar-refractivity contribution in [3.8, 4) is 0 Å². The van der Waals surface area contributed by atoms with Gasteiger partial charge < -0.3 is 10.2 Å². The number of aryl methyl sites for hydroxylation is 2. The van der Waals surface area contributed by atoms with Gasteiger partial charge in [-0.2, -0.15) is 0 Å². The van der Waals surface area contributed by atoms with E-state index in [4.69, 9.17) is 0 Å². The molecule has 4 nitrogen and oxygen atoms in total. The summed E-state index contributed by atoms with van der Waals surface area (Å²) in [6.45, 7) is 5.76. The van der Waals surface area contributed by atoms with Crippen molar-refractivity contribution in [3.05, 3.63) is 34.9 Å². The molecule has 0 radical (unpaired) electrons. The number of rotatable bonds is 4.